The van der Waals surface area contributed by atoms with Crippen LogP contribution in [0.25, 0.3) is 21.5 Å². The van der Waals surface area contributed by atoms with Crippen molar-refractivity contribution in [1.82, 2.24) is 0 Å². The highest BCUT2D eigenvalue weighted by atomic mass is 79.9. The van der Waals surface area contributed by atoms with Gasteiger partial charge in [-0.3, -0.25) is 0 Å². The van der Waals surface area contributed by atoms with E-state index in [-0.39, 0.29) is 0 Å². The van der Waals surface area contributed by atoms with Crippen molar-refractivity contribution in [3.63, 3.8) is 0 Å². The van der Waals surface area contributed by atoms with Crippen LogP contribution in [0.3, 0.4) is 0 Å². The van der Waals surface area contributed by atoms with E-state index in [4.69, 9.17) is 5.21 Å². The van der Waals surface area contributed by atoms with Crippen LogP contribution in [0.1, 0.15) is 18.9 Å². The molecule has 0 saturated carbocycles. The van der Waals surface area contributed by atoms with Gasteiger partial charge in [-0.05, 0) is 45.7 Å². The molecular weight excluding hydrogens is 314 g/mol. The lowest BCUT2D eigenvalue weighted by molar-refractivity contribution is 0.318. The Balaban J connectivity index is 2.38. The molecule has 0 heterocycles. The van der Waals surface area contributed by atoms with E-state index in [1.165, 1.54) is 21.5 Å². The van der Waals surface area contributed by atoms with Crippen molar-refractivity contribution in [2.24, 2.45) is 5.16 Å². The number of rotatable bonds is 2. The van der Waals surface area contributed by atoms with Crippen LogP contribution in [-0.4, -0.2) is 10.9 Å². The Kier molecular flexibility index (Phi) is 3.45. The van der Waals surface area contributed by atoms with E-state index in [1.807, 2.05) is 25.1 Å². The first-order valence-corrected chi connectivity index (χ1v) is 7.36. The SMILES string of the molecule is CC/C(=N/O)c1ccc2cc(Br)c3ccccc3c2c1. The highest BCUT2D eigenvalue weighted by molar-refractivity contribution is 9.10. The van der Waals surface area contributed by atoms with Crippen LogP contribution in [-0.2, 0) is 0 Å². The van der Waals surface area contributed by atoms with E-state index in [2.05, 4.69) is 51.4 Å². The highest BCUT2D eigenvalue weighted by Gasteiger charge is 2.08. The molecule has 0 saturated heterocycles. The maximum Gasteiger partial charge on any atom is 0.0865 e. The number of hydrogen-bond acceptors (Lipinski definition) is 2. The minimum Gasteiger partial charge on any atom is -0.411 e. The summed E-state index contributed by atoms with van der Waals surface area (Å²) >= 11 is 3.63. The predicted octanol–water partition coefficient (Wildman–Crippen LogP) is 5.34. The minimum absolute atomic E-state index is 0.705. The molecule has 3 heteroatoms. The highest BCUT2D eigenvalue weighted by Crippen LogP contribution is 2.32. The third-order valence-electron chi connectivity index (χ3n) is 3.60. The summed E-state index contributed by atoms with van der Waals surface area (Å²) < 4.78 is 1.10. The summed E-state index contributed by atoms with van der Waals surface area (Å²) in [5, 5.41) is 17.2. The monoisotopic (exact) mass is 327 g/mol. The molecule has 0 radical (unpaired) electrons. The van der Waals surface area contributed by atoms with Gasteiger partial charge in [0.2, 0.25) is 0 Å². The molecule has 0 atom stereocenters. The fourth-order valence-electron chi connectivity index (χ4n) is 2.57. The number of halogens is 1. The van der Waals surface area contributed by atoms with E-state index in [0.29, 0.717) is 12.1 Å². The molecule has 0 bridgehead atoms. The molecule has 0 aliphatic carbocycles. The molecular formula is C17H14BrNO. The Morgan fingerprint density at radius 3 is 2.50 bits per heavy atom. The average Bonchev–Trinajstić information content (AvgIpc) is 2.49. The fraction of sp³-hybridized carbons (Fsp3) is 0.118. The van der Waals surface area contributed by atoms with Gasteiger partial charge in [0.15, 0.2) is 0 Å². The lowest BCUT2D eigenvalue weighted by atomic mass is 9.98. The Bertz CT molecular complexity index is 824. The van der Waals surface area contributed by atoms with E-state index >= 15 is 0 Å². The standard InChI is InChI=1S/C17H14BrNO/c1-2-17(19-20)12-8-7-11-10-16(18)14-6-4-3-5-13(14)15(11)9-12/h3-10,20H,2H2,1H3/b19-17-. The average molecular weight is 328 g/mol. The third kappa shape index (κ3) is 2.08. The van der Waals surface area contributed by atoms with E-state index < -0.39 is 0 Å². The zero-order chi connectivity index (χ0) is 14.1. The summed E-state index contributed by atoms with van der Waals surface area (Å²) in [5.74, 6) is 0. The molecule has 0 fully saturated rings. The maximum absolute atomic E-state index is 9.09. The van der Waals surface area contributed by atoms with Crippen LogP contribution in [0.5, 0.6) is 0 Å². The van der Waals surface area contributed by atoms with Gasteiger partial charge in [-0.15, -0.1) is 0 Å². The van der Waals surface area contributed by atoms with Gasteiger partial charge in [0.1, 0.15) is 0 Å². The minimum atomic E-state index is 0.705. The Hall–Kier alpha value is -1.87. The quantitative estimate of drug-likeness (QED) is 0.293. The summed E-state index contributed by atoms with van der Waals surface area (Å²) in [6.45, 7) is 1.99. The molecule has 0 aliphatic heterocycles. The first-order chi connectivity index (χ1) is 9.74. The molecule has 3 aromatic rings. The van der Waals surface area contributed by atoms with E-state index in [9.17, 15) is 0 Å². The summed E-state index contributed by atoms with van der Waals surface area (Å²) in [7, 11) is 0. The fourth-order valence-corrected chi connectivity index (χ4v) is 3.16. The van der Waals surface area contributed by atoms with Gasteiger partial charge in [-0.1, -0.05) is 64.4 Å². The van der Waals surface area contributed by atoms with Gasteiger partial charge in [-0.2, -0.15) is 0 Å². The molecule has 20 heavy (non-hydrogen) atoms. The molecule has 1 N–H and O–H groups in total. The smallest absolute Gasteiger partial charge is 0.0865 e. The largest absolute Gasteiger partial charge is 0.411 e. The molecule has 0 unspecified atom stereocenters. The Labute approximate surface area is 125 Å². The molecule has 3 rings (SSSR count). The van der Waals surface area contributed by atoms with Crippen LogP contribution in [0, 0.1) is 0 Å². The number of fused-ring (bicyclic) bond motifs is 3. The van der Waals surface area contributed by atoms with Crippen molar-refractivity contribution in [3.8, 4) is 0 Å². The molecule has 0 aliphatic rings. The van der Waals surface area contributed by atoms with E-state index in [1.54, 1.807) is 0 Å². The zero-order valence-electron chi connectivity index (χ0n) is 11.1. The first kappa shape index (κ1) is 13.1. The van der Waals surface area contributed by atoms with Crippen LogP contribution in [0.15, 0.2) is 58.2 Å². The van der Waals surface area contributed by atoms with Gasteiger partial charge >= 0.3 is 0 Å². The molecule has 2 nitrogen and oxygen atoms in total. The number of benzene rings is 3. The topological polar surface area (TPSA) is 32.6 Å². The van der Waals surface area contributed by atoms with Crippen molar-refractivity contribution < 1.29 is 5.21 Å². The van der Waals surface area contributed by atoms with Crippen molar-refractivity contribution >= 4 is 43.2 Å². The Morgan fingerprint density at radius 1 is 1.05 bits per heavy atom. The summed E-state index contributed by atoms with van der Waals surface area (Å²) in [6.07, 6.45) is 0.705. The first-order valence-electron chi connectivity index (χ1n) is 6.57. The molecule has 3 aromatic carbocycles. The van der Waals surface area contributed by atoms with Crippen molar-refractivity contribution in [3.05, 3.63) is 58.6 Å². The molecule has 0 amide bonds. The predicted molar refractivity (Wildman–Crippen MR) is 87.8 cm³/mol. The summed E-state index contributed by atoms with van der Waals surface area (Å²) in [5.41, 5.74) is 1.67. The lowest BCUT2D eigenvalue weighted by Crippen LogP contribution is -1.98. The number of hydrogen-bond donors (Lipinski definition) is 1. The molecule has 100 valence electrons. The van der Waals surface area contributed by atoms with Gasteiger partial charge in [0.05, 0.1) is 5.71 Å². The van der Waals surface area contributed by atoms with Crippen LogP contribution in [0.2, 0.25) is 0 Å². The van der Waals surface area contributed by atoms with Crippen LogP contribution < -0.4 is 0 Å². The molecule has 0 aromatic heterocycles. The normalized spacial score (nSPS) is 12.2. The van der Waals surface area contributed by atoms with Gasteiger partial charge in [0.25, 0.3) is 0 Å². The summed E-state index contributed by atoms with van der Waals surface area (Å²) in [4.78, 5) is 0. The van der Waals surface area contributed by atoms with Gasteiger partial charge in [0, 0.05) is 4.47 Å². The van der Waals surface area contributed by atoms with Crippen molar-refractivity contribution in [2.45, 2.75) is 13.3 Å². The lowest BCUT2D eigenvalue weighted by Gasteiger charge is -2.09. The maximum atomic E-state index is 9.09. The second-order valence-electron chi connectivity index (χ2n) is 4.74. The second kappa shape index (κ2) is 5.25. The molecule has 0 spiro atoms. The van der Waals surface area contributed by atoms with Crippen molar-refractivity contribution in [2.75, 3.05) is 0 Å². The van der Waals surface area contributed by atoms with Crippen molar-refractivity contribution in [1.29, 1.82) is 0 Å². The second-order valence-corrected chi connectivity index (χ2v) is 5.59. The van der Waals surface area contributed by atoms with Crippen LogP contribution in [0.4, 0.5) is 0 Å². The third-order valence-corrected chi connectivity index (χ3v) is 4.25. The van der Waals surface area contributed by atoms with Gasteiger partial charge in [-0.25, -0.2) is 0 Å². The summed E-state index contributed by atoms with van der Waals surface area (Å²) in [6, 6.07) is 16.6. The number of nitrogens with zero attached hydrogens (tertiary/aromatic N) is 1. The van der Waals surface area contributed by atoms with E-state index in [0.717, 1.165) is 10.0 Å². The van der Waals surface area contributed by atoms with Gasteiger partial charge < -0.3 is 5.21 Å². The number of oxime groups is 1. The van der Waals surface area contributed by atoms with Crippen LogP contribution >= 0.6 is 15.9 Å². The zero-order valence-corrected chi connectivity index (χ0v) is 12.7. The Morgan fingerprint density at radius 2 is 1.80 bits per heavy atom.